The molecular weight excluding hydrogens is 610 g/mol. The summed E-state index contributed by atoms with van der Waals surface area (Å²) in [6.45, 7) is 2.68. The van der Waals surface area contributed by atoms with E-state index in [9.17, 15) is 9.90 Å². The lowest BCUT2D eigenvalue weighted by Crippen LogP contribution is -2.39. The predicted molar refractivity (Wildman–Crippen MR) is 134 cm³/mol. The molecule has 0 spiro atoms. The summed E-state index contributed by atoms with van der Waals surface area (Å²) >= 11 is 12.0. The van der Waals surface area contributed by atoms with Crippen LogP contribution in [0.1, 0.15) is 38.1 Å². The van der Waals surface area contributed by atoms with Crippen molar-refractivity contribution in [2.75, 3.05) is 11.9 Å². The second-order valence-electron chi connectivity index (χ2n) is 7.62. The number of carbonyl (C=O) groups is 1. The van der Waals surface area contributed by atoms with Gasteiger partial charge in [-0.15, -0.1) is 11.3 Å². The van der Waals surface area contributed by atoms with E-state index in [1.165, 1.54) is 10.4 Å². The average molecular weight is 628 g/mol. The van der Waals surface area contributed by atoms with Gasteiger partial charge in [0.2, 0.25) is 0 Å². The number of phenols is 1. The zero-order chi connectivity index (χ0) is 21.7. The quantitative estimate of drug-likeness (QED) is 0.326. The summed E-state index contributed by atoms with van der Waals surface area (Å²) in [4.78, 5) is 16.8. The van der Waals surface area contributed by atoms with Crippen LogP contribution in [0.3, 0.4) is 0 Å². The van der Waals surface area contributed by atoms with Gasteiger partial charge in [-0.2, -0.15) is 0 Å². The maximum absolute atomic E-state index is 13.1. The number of aromatic hydroxyl groups is 1. The van der Waals surface area contributed by atoms with Crippen LogP contribution in [0.25, 0.3) is 0 Å². The molecule has 2 aromatic carbocycles. The maximum Gasteiger partial charge on any atom is 0.256 e. The number of anilines is 1. The van der Waals surface area contributed by atoms with Gasteiger partial charge in [0.1, 0.15) is 16.9 Å². The van der Waals surface area contributed by atoms with Crippen molar-refractivity contribution in [2.45, 2.75) is 25.7 Å². The molecule has 2 aliphatic rings. The van der Waals surface area contributed by atoms with Crippen LogP contribution in [0.2, 0.25) is 0 Å². The Morgan fingerprint density at radius 2 is 1.90 bits per heavy atom. The third-order valence-electron chi connectivity index (χ3n) is 5.63. The molecule has 1 atom stereocenters. The van der Waals surface area contributed by atoms with Gasteiger partial charge in [0, 0.05) is 34.5 Å². The molecule has 9 heteroatoms. The first-order chi connectivity index (χ1) is 14.9. The first-order valence-electron chi connectivity index (χ1n) is 9.77. The Kier molecular flexibility index (Phi) is 5.89. The number of halogens is 3. The average Bonchev–Trinajstić information content (AvgIpc) is 3.11. The van der Waals surface area contributed by atoms with E-state index in [0.717, 1.165) is 52.2 Å². The van der Waals surface area contributed by atoms with E-state index in [-0.39, 0.29) is 11.7 Å². The van der Waals surface area contributed by atoms with Gasteiger partial charge >= 0.3 is 0 Å². The number of phenolic OH excluding ortho intramolecular Hbond substituents is 1. The van der Waals surface area contributed by atoms with Crippen LogP contribution in [0.15, 0.2) is 49.8 Å². The zero-order valence-electron chi connectivity index (χ0n) is 16.2. The van der Waals surface area contributed by atoms with Gasteiger partial charge in [-0.25, -0.2) is 0 Å². The number of amides is 1. The number of nitrogens with one attached hydrogen (secondary N) is 2. The number of carbonyl (C=O) groups excluding carboxylic acids is 1. The Labute approximate surface area is 209 Å². The standard InChI is InChI=1S/C22H18Br3N3O2S/c23-13-8-14(24)19(29)18(25)17(13)20-26-21(30)16-12-6-7-28(9-11-4-2-1-3-5-11)10-15(12)31-22(16)27-20/h1-5,8,20,27,29H,6-7,9-10H2,(H,26,30). The predicted octanol–water partition coefficient (Wildman–Crippen LogP) is 6.15. The van der Waals surface area contributed by atoms with Crippen molar-refractivity contribution in [1.29, 1.82) is 0 Å². The number of hydrogen-bond donors (Lipinski definition) is 3. The molecule has 2 aliphatic heterocycles. The first-order valence-corrected chi connectivity index (χ1v) is 13.0. The molecule has 1 unspecified atom stereocenters. The van der Waals surface area contributed by atoms with Crippen molar-refractivity contribution in [3.8, 4) is 5.75 Å². The van der Waals surface area contributed by atoms with Crippen molar-refractivity contribution in [3.63, 3.8) is 0 Å². The minimum Gasteiger partial charge on any atom is -0.506 e. The van der Waals surface area contributed by atoms with Crippen LogP contribution in [-0.4, -0.2) is 22.5 Å². The number of nitrogens with zero attached hydrogens (tertiary/aromatic N) is 1. The van der Waals surface area contributed by atoms with Crippen LogP contribution in [0.5, 0.6) is 5.75 Å². The third kappa shape index (κ3) is 3.95. The van der Waals surface area contributed by atoms with Gasteiger partial charge in [-0.3, -0.25) is 9.69 Å². The Morgan fingerprint density at radius 1 is 1.13 bits per heavy atom. The molecule has 3 aromatic rings. The van der Waals surface area contributed by atoms with Crippen molar-refractivity contribution in [3.05, 3.63) is 76.9 Å². The fourth-order valence-corrected chi connectivity index (χ4v) is 8.04. The highest BCUT2D eigenvalue weighted by Gasteiger charge is 2.35. The SMILES string of the molecule is O=C1NC(c2c(Br)cc(Br)c(O)c2Br)Nc2sc3c(c21)CCN(Cc1ccccc1)C3. The molecule has 160 valence electrons. The topological polar surface area (TPSA) is 64.6 Å². The van der Waals surface area contributed by atoms with Crippen molar-refractivity contribution >= 4 is 70.0 Å². The lowest BCUT2D eigenvalue weighted by molar-refractivity contribution is 0.0934. The molecule has 0 saturated heterocycles. The van der Waals surface area contributed by atoms with E-state index in [1.807, 2.05) is 6.07 Å². The molecular formula is C22H18Br3N3O2S. The summed E-state index contributed by atoms with van der Waals surface area (Å²) in [6, 6.07) is 12.3. The van der Waals surface area contributed by atoms with E-state index >= 15 is 0 Å². The van der Waals surface area contributed by atoms with Crippen LogP contribution in [0, 0.1) is 0 Å². The smallest absolute Gasteiger partial charge is 0.256 e. The minimum absolute atomic E-state index is 0.0750. The highest BCUT2D eigenvalue weighted by Crippen LogP contribution is 2.46. The maximum atomic E-state index is 13.1. The molecule has 0 radical (unpaired) electrons. The Balaban J connectivity index is 1.43. The van der Waals surface area contributed by atoms with E-state index in [4.69, 9.17) is 0 Å². The summed E-state index contributed by atoms with van der Waals surface area (Å²) in [5.74, 6) is 0.0241. The second-order valence-corrected chi connectivity index (χ2v) is 11.2. The lowest BCUT2D eigenvalue weighted by Gasteiger charge is -2.29. The third-order valence-corrected chi connectivity index (χ3v) is 8.84. The molecule has 3 N–H and O–H groups in total. The normalized spacial score (nSPS) is 18.2. The molecule has 0 bridgehead atoms. The second kappa shape index (κ2) is 8.51. The summed E-state index contributed by atoms with van der Waals surface area (Å²) in [7, 11) is 0. The van der Waals surface area contributed by atoms with Crippen molar-refractivity contribution < 1.29 is 9.90 Å². The summed E-state index contributed by atoms with van der Waals surface area (Å²) in [5.41, 5.74) is 3.97. The summed E-state index contributed by atoms with van der Waals surface area (Å²) in [5, 5.41) is 17.8. The highest BCUT2D eigenvalue weighted by atomic mass is 79.9. The Morgan fingerprint density at radius 3 is 2.68 bits per heavy atom. The molecule has 5 nitrogen and oxygen atoms in total. The number of rotatable bonds is 3. The lowest BCUT2D eigenvalue weighted by atomic mass is 10.00. The molecule has 1 aromatic heterocycles. The number of benzene rings is 2. The van der Waals surface area contributed by atoms with Gasteiger partial charge in [-0.05, 0) is 55.5 Å². The Bertz CT molecular complexity index is 1180. The Hall–Kier alpha value is -1.39. The van der Waals surface area contributed by atoms with E-state index in [1.54, 1.807) is 17.4 Å². The largest absolute Gasteiger partial charge is 0.506 e. The number of thiophene rings is 1. The van der Waals surface area contributed by atoms with Crippen LogP contribution in [-0.2, 0) is 19.5 Å². The van der Waals surface area contributed by atoms with Crippen LogP contribution >= 0.6 is 59.1 Å². The summed E-state index contributed by atoms with van der Waals surface area (Å²) in [6.07, 6.45) is 0.406. The van der Waals surface area contributed by atoms with Gasteiger partial charge < -0.3 is 15.7 Å². The zero-order valence-corrected chi connectivity index (χ0v) is 21.8. The fourth-order valence-electron chi connectivity index (χ4n) is 4.15. The fraction of sp³-hybridized carbons (Fsp3) is 0.227. The highest BCUT2D eigenvalue weighted by molar-refractivity contribution is 9.11. The van der Waals surface area contributed by atoms with Crippen molar-refractivity contribution in [2.24, 2.45) is 0 Å². The van der Waals surface area contributed by atoms with Crippen molar-refractivity contribution in [1.82, 2.24) is 10.2 Å². The minimum atomic E-state index is -0.455. The van der Waals surface area contributed by atoms with Crippen LogP contribution in [0.4, 0.5) is 5.00 Å². The molecule has 5 rings (SSSR count). The van der Waals surface area contributed by atoms with Gasteiger partial charge in [0.05, 0.1) is 14.5 Å². The van der Waals surface area contributed by atoms with E-state index in [2.05, 4.69) is 87.6 Å². The number of fused-ring (bicyclic) bond motifs is 3. The molecule has 0 aliphatic carbocycles. The molecule has 0 fully saturated rings. The molecule has 31 heavy (non-hydrogen) atoms. The van der Waals surface area contributed by atoms with Crippen LogP contribution < -0.4 is 10.6 Å². The van der Waals surface area contributed by atoms with E-state index < -0.39 is 6.17 Å². The first kappa shape index (κ1) is 21.5. The molecule has 3 heterocycles. The van der Waals surface area contributed by atoms with Gasteiger partial charge in [0.25, 0.3) is 5.91 Å². The van der Waals surface area contributed by atoms with E-state index in [0.29, 0.717) is 8.95 Å². The molecule has 1 amide bonds. The molecule has 0 saturated carbocycles. The monoisotopic (exact) mass is 625 g/mol. The van der Waals surface area contributed by atoms with Gasteiger partial charge in [0.15, 0.2) is 0 Å². The summed E-state index contributed by atoms with van der Waals surface area (Å²) < 4.78 is 1.88. The van der Waals surface area contributed by atoms with Gasteiger partial charge in [-0.1, -0.05) is 46.3 Å². The number of hydrogen-bond acceptors (Lipinski definition) is 5.